The maximum absolute atomic E-state index is 13.0. The molecule has 0 amide bonds. The number of ether oxygens (including phenoxy) is 1. The lowest BCUT2D eigenvalue weighted by atomic mass is 9.97. The van der Waals surface area contributed by atoms with Gasteiger partial charge in [-0.1, -0.05) is 29.8 Å². The monoisotopic (exact) mass is 304 g/mol. The van der Waals surface area contributed by atoms with Crippen LogP contribution in [0.2, 0.25) is 5.02 Å². The van der Waals surface area contributed by atoms with Gasteiger partial charge in [-0.2, -0.15) is 0 Å². The Hall–Kier alpha value is -1.87. The van der Waals surface area contributed by atoms with Crippen LogP contribution < -0.4 is 4.74 Å². The summed E-state index contributed by atoms with van der Waals surface area (Å²) in [4.78, 5) is 12.5. The Morgan fingerprint density at radius 3 is 2.95 bits per heavy atom. The first-order chi connectivity index (χ1) is 10.1. The highest BCUT2D eigenvalue weighted by atomic mass is 35.5. The lowest BCUT2D eigenvalue weighted by Crippen LogP contribution is -2.14. The van der Waals surface area contributed by atoms with Crippen LogP contribution in [0.5, 0.6) is 5.75 Å². The van der Waals surface area contributed by atoms with Gasteiger partial charge in [-0.05, 0) is 42.2 Å². The first kappa shape index (κ1) is 14.1. The molecule has 0 bridgehead atoms. The molecule has 0 fully saturated rings. The van der Waals surface area contributed by atoms with E-state index in [2.05, 4.69) is 0 Å². The number of hydrogen-bond donors (Lipinski definition) is 0. The number of ketones is 1. The molecule has 0 spiro atoms. The topological polar surface area (TPSA) is 26.3 Å². The number of para-hydroxylation sites is 1. The summed E-state index contributed by atoms with van der Waals surface area (Å²) < 4.78 is 18.7. The van der Waals surface area contributed by atoms with E-state index in [4.69, 9.17) is 16.3 Å². The first-order valence-electron chi connectivity index (χ1n) is 6.87. The fourth-order valence-corrected chi connectivity index (χ4v) is 2.78. The van der Waals surface area contributed by atoms with Crippen LogP contribution in [-0.2, 0) is 12.8 Å². The highest BCUT2D eigenvalue weighted by Gasteiger charge is 2.19. The van der Waals surface area contributed by atoms with Crippen molar-refractivity contribution >= 4 is 17.4 Å². The third-order valence-corrected chi connectivity index (χ3v) is 3.95. The van der Waals surface area contributed by atoms with E-state index in [1.165, 1.54) is 12.1 Å². The minimum Gasteiger partial charge on any atom is -0.493 e. The Kier molecular flexibility index (Phi) is 3.93. The molecule has 0 radical (unpaired) electrons. The fourth-order valence-electron chi connectivity index (χ4n) is 2.54. The molecule has 2 nitrogen and oxygen atoms in total. The summed E-state index contributed by atoms with van der Waals surface area (Å²) in [5.41, 5.74) is 2.27. The first-order valence-corrected chi connectivity index (χ1v) is 7.25. The van der Waals surface area contributed by atoms with Gasteiger partial charge >= 0.3 is 0 Å². The minimum absolute atomic E-state index is 0.0674. The molecule has 2 aromatic carbocycles. The molecule has 0 N–H and O–H groups in total. The Bertz CT molecular complexity index is 697. The summed E-state index contributed by atoms with van der Waals surface area (Å²) in [6, 6.07) is 9.70. The number of benzene rings is 2. The number of halogens is 2. The van der Waals surface area contributed by atoms with Crippen LogP contribution in [0.25, 0.3) is 0 Å². The zero-order valence-corrected chi connectivity index (χ0v) is 12.1. The standard InChI is InChI=1S/C17H14ClFO2/c18-15-10-13(19)7-6-12(15)9-16(20)14-5-1-3-11-4-2-8-21-17(11)14/h1,3,5-7,10H,2,4,8-9H2. The molecule has 0 atom stereocenters. The lowest BCUT2D eigenvalue weighted by Gasteiger charge is -2.19. The lowest BCUT2D eigenvalue weighted by molar-refractivity contribution is 0.0988. The van der Waals surface area contributed by atoms with Crippen molar-refractivity contribution in [1.82, 2.24) is 0 Å². The number of rotatable bonds is 3. The molecule has 1 heterocycles. The summed E-state index contributed by atoms with van der Waals surface area (Å²) in [5, 5.41) is 0.272. The van der Waals surface area contributed by atoms with Crippen LogP contribution in [0.15, 0.2) is 36.4 Å². The molecule has 4 heteroatoms. The van der Waals surface area contributed by atoms with E-state index in [1.807, 2.05) is 12.1 Å². The van der Waals surface area contributed by atoms with E-state index in [1.54, 1.807) is 12.1 Å². The molecule has 2 aromatic rings. The predicted molar refractivity (Wildman–Crippen MR) is 79.7 cm³/mol. The molecular weight excluding hydrogens is 291 g/mol. The molecule has 3 rings (SSSR count). The number of hydrogen-bond acceptors (Lipinski definition) is 2. The van der Waals surface area contributed by atoms with Gasteiger partial charge in [-0.25, -0.2) is 4.39 Å². The minimum atomic E-state index is -0.406. The molecule has 1 aliphatic rings. The van der Waals surface area contributed by atoms with Crippen LogP contribution >= 0.6 is 11.6 Å². The van der Waals surface area contributed by atoms with Crippen LogP contribution in [0.4, 0.5) is 4.39 Å². The van der Waals surface area contributed by atoms with E-state index >= 15 is 0 Å². The average Bonchev–Trinajstić information content (AvgIpc) is 2.49. The third-order valence-electron chi connectivity index (χ3n) is 3.60. The number of carbonyl (C=O) groups excluding carboxylic acids is 1. The van der Waals surface area contributed by atoms with E-state index in [9.17, 15) is 9.18 Å². The summed E-state index contributed by atoms with van der Waals surface area (Å²) in [5.74, 6) is 0.214. The van der Waals surface area contributed by atoms with Gasteiger partial charge < -0.3 is 4.74 Å². The second kappa shape index (κ2) is 5.86. The summed E-state index contributed by atoms with van der Waals surface area (Å²) in [7, 11) is 0. The third kappa shape index (κ3) is 2.93. The second-order valence-corrected chi connectivity index (χ2v) is 5.49. The van der Waals surface area contributed by atoms with E-state index in [0.717, 1.165) is 18.4 Å². The number of fused-ring (bicyclic) bond motifs is 1. The highest BCUT2D eigenvalue weighted by molar-refractivity contribution is 6.31. The Morgan fingerprint density at radius 1 is 1.29 bits per heavy atom. The molecule has 21 heavy (non-hydrogen) atoms. The van der Waals surface area contributed by atoms with Crippen molar-refractivity contribution < 1.29 is 13.9 Å². The van der Waals surface area contributed by atoms with E-state index in [0.29, 0.717) is 23.5 Å². The van der Waals surface area contributed by atoms with Crippen LogP contribution in [0.3, 0.4) is 0 Å². The number of Topliss-reactive ketones (excluding diaryl/α,β-unsaturated/α-hetero) is 1. The zero-order chi connectivity index (χ0) is 14.8. The maximum atomic E-state index is 13.0. The summed E-state index contributed by atoms with van der Waals surface area (Å²) in [6.45, 7) is 0.634. The molecule has 0 unspecified atom stereocenters. The molecular formula is C17H14ClFO2. The SMILES string of the molecule is O=C(Cc1ccc(F)cc1Cl)c1cccc2c1OCCC2. The van der Waals surface area contributed by atoms with Crippen LogP contribution in [-0.4, -0.2) is 12.4 Å². The molecule has 0 aromatic heterocycles. The van der Waals surface area contributed by atoms with Gasteiger partial charge in [0.2, 0.25) is 0 Å². The molecule has 108 valence electrons. The Morgan fingerprint density at radius 2 is 2.14 bits per heavy atom. The van der Waals surface area contributed by atoms with E-state index < -0.39 is 5.82 Å². The summed E-state index contributed by atoms with van der Waals surface area (Å²) >= 11 is 5.98. The van der Waals surface area contributed by atoms with Gasteiger partial charge in [0.15, 0.2) is 5.78 Å². The molecule has 1 aliphatic heterocycles. The van der Waals surface area contributed by atoms with Crippen molar-refractivity contribution in [2.24, 2.45) is 0 Å². The number of carbonyl (C=O) groups is 1. The summed E-state index contributed by atoms with van der Waals surface area (Å²) in [6.07, 6.45) is 2.03. The van der Waals surface area contributed by atoms with Crippen LogP contribution in [0, 0.1) is 5.82 Å². The molecule has 0 aliphatic carbocycles. The second-order valence-electron chi connectivity index (χ2n) is 5.08. The van der Waals surface area contributed by atoms with Crippen molar-refractivity contribution in [3.8, 4) is 5.75 Å². The van der Waals surface area contributed by atoms with Crippen molar-refractivity contribution in [3.05, 3.63) is 63.9 Å². The van der Waals surface area contributed by atoms with Crippen molar-refractivity contribution in [1.29, 1.82) is 0 Å². The fraction of sp³-hybridized carbons (Fsp3) is 0.235. The van der Waals surface area contributed by atoms with Crippen molar-refractivity contribution in [2.45, 2.75) is 19.3 Å². The van der Waals surface area contributed by atoms with Gasteiger partial charge in [-0.3, -0.25) is 4.79 Å². The number of aryl methyl sites for hydroxylation is 1. The highest BCUT2D eigenvalue weighted by Crippen LogP contribution is 2.30. The zero-order valence-electron chi connectivity index (χ0n) is 11.4. The van der Waals surface area contributed by atoms with Gasteiger partial charge in [0.25, 0.3) is 0 Å². The van der Waals surface area contributed by atoms with Crippen LogP contribution in [0.1, 0.15) is 27.9 Å². The predicted octanol–water partition coefficient (Wildman–Crippen LogP) is 4.23. The van der Waals surface area contributed by atoms with Gasteiger partial charge in [-0.15, -0.1) is 0 Å². The van der Waals surface area contributed by atoms with Crippen molar-refractivity contribution in [2.75, 3.05) is 6.61 Å². The Balaban J connectivity index is 1.89. The quantitative estimate of drug-likeness (QED) is 0.793. The van der Waals surface area contributed by atoms with E-state index in [-0.39, 0.29) is 17.2 Å². The van der Waals surface area contributed by atoms with Crippen molar-refractivity contribution in [3.63, 3.8) is 0 Å². The smallest absolute Gasteiger partial charge is 0.171 e. The normalized spacial score (nSPS) is 13.4. The average molecular weight is 305 g/mol. The van der Waals surface area contributed by atoms with Gasteiger partial charge in [0.1, 0.15) is 11.6 Å². The largest absolute Gasteiger partial charge is 0.493 e. The molecule has 0 saturated heterocycles. The van der Waals surface area contributed by atoms with Gasteiger partial charge in [0.05, 0.1) is 12.2 Å². The van der Waals surface area contributed by atoms with Gasteiger partial charge in [0, 0.05) is 11.4 Å². The maximum Gasteiger partial charge on any atom is 0.171 e. The molecule has 0 saturated carbocycles. The Labute approximate surface area is 127 Å².